The summed E-state index contributed by atoms with van der Waals surface area (Å²) in [4.78, 5) is 2.50. The number of alkyl halides is 1. The molecule has 0 aliphatic heterocycles. The summed E-state index contributed by atoms with van der Waals surface area (Å²) in [6.07, 6.45) is 4.96. The number of methoxy groups -OCH3 is 1. The van der Waals surface area contributed by atoms with Crippen LogP contribution in [0.2, 0.25) is 0 Å². The van der Waals surface area contributed by atoms with Crippen molar-refractivity contribution in [1.82, 2.24) is 4.90 Å². The summed E-state index contributed by atoms with van der Waals surface area (Å²) in [7, 11) is 1.71. The Balaban J connectivity index is 2.66. The van der Waals surface area contributed by atoms with Gasteiger partial charge in [-0.25, -0.2) is 0 Å². The zero-order valence-electron chi connectivity index (χ0n) is 14.0. The van der Waals surface area contributed by atoms with Crippen molar-refractivity contribution < 1.29 is 4.74 Å². The second-order valence-corrected chi connectivity index (χ2v) is 6.23. The monoisotopic (exact) mass is 311 g/mol. The highest BCUT2D eigenvalue weighted by atomic mass is 35.5. The molecule has 0 radical (unpaired) electrons. The van der Waals surface area contributed by atoms with Crippen molar-refractivity contribution in [3.63, 3.8) is 0 Å². The molecule has 0 aliphatic rings. The van der Waals surface area contributed by atoms with Crippen molar-refractivity contribution >= 4 is 11.6 Å². The average Bonchev–Trinajstić information content (AvgIpc) is 2.49. The van der Waals surface area contributed by atoms with Gasteiger partial charge in [0.1, 0.15) is 5.75 Å². The van der Waals surface area contributed by atoms with Crippen LogP contribution in [-0.2, 0) is 0 Å². The third kappa shape index (κ3) is 6.27. The Bertz CT molecular complexity index is 400. The van der Waals surface area contributed by atoms with Crippen LogP contribution in [0, 0.1) is 6.92 Å². The Morgan fingerprint density at radius 2 is 1.76 bits per heavy atom. The van der Waals surface area contributed by atoms with E-state index >= 15 is 0 Å². The van der Waals surface area contributed by atoms with Gasteiger partial charge in [0, 0.05) is 6.54 Å². The molecule has 1 rings (SSSR count). The van der Waals surface area contributed by atoms with Gasteiger partial charge in [-0.05, 0) is 50.0 Å². The van der Waals surface area contributed by atoms with Crippen LogP contribution in [0.25, 0.3) is 0 Å². The maximum Gasteiger partial charge on any atom is 0.121 e. The largest absolute Gasteiger partial charge is 0.496 e. The normalized spacial score (nSPS) is 12.7. The molecule has 0 bridgehead atoms. The number of rotatable bonds is 10. The molecular formula is C18H30ClNO. The minimum Gasteiger partial charge on any atom is -0.496 e. The van der Waals surface area contributed by atoms with Gasteiger partial charge in [0.05, 0.1) is 12.5 Å². The van der Waals surface area contributed by atoms with E-state index < -0.39 is 0 Å². The summed E-state index contributed by atoms with van der Waals surface area (Å²) in [6, 6.07) is 6.25. The standard InChI is InChI=1S/C18H30ClNO/c1-5-7-11-20(12-8-6-2)14-17(19)16-9-10-18(21-4)15(3)13-16/h9-10,13,17H,5-8,11-12,14H2,1-4H3. The number of halogens is 1. The van der Waals surface area contributed by atoms with Crippen molar-refractivity contribution in [2.24, 2.45) is 0 Å². The van der Waals surface area contributed by atoms with Gasteiger partial charge in [0.15, 0.2) is 0 Å². The molecule has 0 aromatic heterocycles. The van der Waals surface area contributed by atoms with Gasteiger partial charge < -0.3 is 9.64 Å². The minimum atomic E-state index is 0.0447. The quantitative estimate of drug-likeness (QED) is 0.552. The van der Waals surface area contributed by atoms with Gasteiger partial charge >= 0.3 is 0 Å². The highest BCUT2D eigenvalue weighted by Crippen LogP contribution is 2.27. The van der Waals surface area contributed by atoms with E-state index in [0.29, 0.717) is 0 Å². The van der Waals surface area contributed by atoms with Crippen LogP contribution in [0.4, 0.5) is 0 Å². The fourth-order valence-electron chi connectivity index (χ4n) is 2.49. The van der Waals surface area contributed by atoms with Gasteiger partial charge in [-0.2, -0.15) is 0 Å². The Hall–Kier alpha value is -0.730. The first-order valence-electron chi connectivity index (χ1n) is 8.13. The molecular weight excluding hydrogens is 282 g/mol. The molecule has 1 atom stereocenters. The van der Waals surface area contributed by atoms with E-state index in [4.69, 9.17) is 16.3 Å². The summed E-state index contributed by atoms with van der Waals surface area (Å²) in [6.45, 7) is 9.76. The van der Waals surface area contributed by atoms with Crippen molar-refractivity contribution in [3.8, 4) is 5.75 Å². The maximum absolute atomic E-state index is 6.64. The lowest BCUT2D eigenvalue weighted by atomic mass is 10.1. The first-order valence-corrected chi connectivity index (χ1v) is 8.56. The highest BCUT2D eigenvalue weighted by Gasteiger charge is 2.14. The van der Waals surface area contributed by atoms with Crippen LogP contribution >= 0.6 is 11.6 Å². The Morgan fingerprint density at radius 3 is 2.24 bits per heavy atom. The molecule has 0 N–H and O–H groups in total. The SMILES string of the molecule is CCCCN(CCCC)CC(Cl)c1ccc(OC)c(C)c1. The third-order valence-electron chi connectivity index (χ3n) is 3.85. The molecule has 1 aromatic rings. The molecule has 0 spiro atoms. The smallest absolute Gasteiger partial charge is 0.121 e. The predicted molar refractivity (Wildman–Crippen MR) is 92.6 cm³/mol. The number of nitrogens with zero attached hydrogens (tertiary/aromatic N) is 1. The highest BCUT2D eigenvalue weighted by molar-refractivity contribution is 6.21. The lowest BCUT2D eigenvalue weighted by Gasteiger charge is -2.25. The Labute approximate surface area is 135 Å². The molecule has 0 amide bonds. The first kappa shape index (κ1) is 18.3. The number of unbranched alkanes of at least 4 members (excludes halogenated alkanes) is 2. The molecule has 3 heteroatoms. The number of ether oxygens (including phenoxy) is 1. The summed E-state index contributed by atoms with van der Waals surface area (Å²) in [5, 5.41) is 0.0447. The summed E-state index contributed by atoms with van der Waals surface area (Å²) >= 11 is 6.64. The number of hydrogen-bond donors (Lipinski definition) is 0. The Morgan fingerprint density at radius 1 is 1.14 bits per heavy atom. The molecule has 0 fully saturated rings. The number of benzene rings is 1. The van der Waals surface area contributed by atoms with E-state index in [2.05, 4.69) is 37.8 Å². The van der Waals surface area contributed by atoms with Crippen LogP contribution in [0.5, 0.6) is 5.75 Å². The fraction of sp³-hybridized carbons (Fsp3) is 0.667. The zero-order chi connectivity index (χ0) is 15.7. The van der Waals surface area contributed by atoms with Crippen molar-refractivity contribution in [3.05, 3.63) is 29.3 Å². The second kappa shape index (κ2) is 10.1. The topological polar surface area (TPSA) is 12.5 Å². The third-order valence-corrected chi connectivity index (χ3v) is 4.24. The summed E-state index contributed by atoms with van der Waals surface area (Å²) in [5.74, 6) is 0.927. The molecule has 1 aromatic carbocycles. The van der Waals surface area contributed by atoms with Crippen LogP contribution < -0.4 is 4.74 Å². The van der Waals surface area contributed by atoms with Crippen LogP contribution in [-0.4, -0.2) is 31.6 Å². The lowest BCUT2D eigenvalue weighted by Crippen LogP contribution is -2.29. The van der Waals surface area contributed by atoms with Gasteiger partial charge in [0.2, 0.25) is 0 Å². The molecule has 0 heterocycles. The van der Waals surface area contributed by atoms with Gasteiger partial charge in [-0.15, -0.1) is 11.6 Å². The molecule has 0 saturated heterocycles. The lowest BCUT2D eigenvalue weighted by molar-refractivity contribution is 0.265. The Kier molecular flexibility index (Phi) is 8.79. The molecule has 0 saturated carbocycles. The van der Waals surface area contributed by atoms with Crippen LogP contribution in [0.15, 0.2) is 18.2 Å². The van der Waals surface area contributed by atoms with Crippen molar-refractivity contribution in [1.29, 1.82) is 0 Å². The van der Waals surface area contributed by atoms with Crippen molar-refractivity contribution in [2.45, 2.75) is 51.8 Å². The molecule has 2 nitrogen and oxygen atoms in total. The van der Waals surface area contributed by atoms with Crippen molar-refractivity contribution in [2.75, 3.05) is 26.7 Å². The van der Waals surface area contributed by atoms with E-state index in [-0.39, 0.29) is 5.38 Å². The van der Waals surface area contributed by atoms with E-state index in [9.17, 15) is 0 Å². The summed E-state index contributed by atoms with van der Waals surface area (Å²) < 4.78 is 5.31. The van der Waals surface area contributed by atoms with E-state index in [1.807, 2.05) is 6.07 Å². The second-order valence-electron chi connectivity index (χ2n) is 5.70. The van der Waals surface area contributed by atoms with E-state index in [1.54, 1.807) is 7.11 Å². The average molecular weight is 312 g/mol. The molecule has 120 valence electrons. The van der Waals surface area contributed by atoms with E-state index in [0.717, 1.165) is 30.9 Å². The molecule has 0 aliphatic carbocycles. The first-order chi connectivity index (χ1) is 10.1. The van der Waals surface area contributed by atoms with Gasteiger partial charge in [-0.3, -0.25) is 0 Å². The van der Waals surface area contributed by atoms with Crippen LogP contribution in [0.1, 0.15) is 56.0 Å². The van der Waals surface area contributed by atoms with Crippen LogP contribution in [0.3, 0.4) is 0 Å². The zero-order valence-corrected chi connectivity index (χ0v) is 14.7. The summed E-state index contributed by atoms with van der Waals surface area (Å²) in [5.41, 5.74) is 2.34. The number of hydrogen-bond acceptors (Lipinski definition) is 2. The molecule has 21 heavy (non-hydrogen) atoms. The maximum atomic E-state index is 6.64. The number of aryl methyl sites for hydroxylation is 1. The fourth-order valence-corrected chi connectivity index (χ4v) is 2.82. The van der Waals surface area contributed by atoms with Gasteiger partial charge in [0.25, 0.3) is 0 Å². The van der Waals surface area contributed by atoms with E-state index in [1.165, 1.54) is 31.2 Å². The minimum absolute atomic E-state index is 0.0447. The molecule has 1 unspecified atom stereocenters. The predicted octanol–water partition coefficient (Wildman–Crippen LogP) is 5.19. The van der Waals surface area contributed by atoms with Gasteiger partial charge in [-0.1, -0.05) is 38.8 Å².